The first kappa shape index (κ1) is 11.0. The van der Waals surface area contributed by atoms with Gasteiger partial charge < -0.3 is 10.8 Å². The predicted molar refractivity (Wildman–Crippen MR) is 51.5 cm³/mol. The Morgan fingerprint density at radius 1 is 1.14 bits per heavy atom. The van der Waals surface area contributed by atoms with Crippen LogP contribution in [-0.2, 0) is 9.59 Å². The van der Waals surface area contributed by atoms with Crippen LogP contribution in [0.4, 0.5) is 0 Å². The largest absolute Gasteiger partial charge is 0.480 e. The quantitative estimate of drug-likeness (QED) is 0.654. The summed E-state index contributed by atoms with van der Waals surface area (Å²) < 4.78 is 0. The summed E-state index contributed by atoms with van der Waals surface area (Å²) in [6.45, 7) is 4.17. The molecule has 80 valence electrons. The lowest BCUT2D eigenvalue weighted by atomic mass is 9.65. The summed E-state index contributed by atoms with van der Waals surface area (Å²) >= 11 is 0. The second-order valence-electron chi connectivity index (χ2n) is 4.92. The Morgan fingerprint density at radius 3 is 1.86 bits per heavy atom. The number of carboxylic acid groups (broad SMARTS) is 1. The topological polar surface area (TPSA) is 80.4 Å². The van der Waals surface area contributed by atoms with Crippen LogP contribution in [0.15, 0.2) is 0 Å². The summed E-state index contributed by atoms with van der Waals surface area (Å²) in [6.07, 6.45) is 2.21. The third-order valence-corrected chi connectivity index (χ3v) is 3.34. The lowest BCUT2D eigenvalue weighted by Crippen LogP contribution is -2.47. The van der Waals surface area contributed by atoms with Crippen molar-refractivity contribution in [3.63, 3.8) is 0 Å². The Balaban J connectivity index is 2.85. The van der Waals surface area contributed by atoms with Gasteiger partial charge in [-0.05, 0) is 31.1 Å². The summed E-state index contributed by atoms with van der Waals surface area (Å²) in [6, 6.07) is 0. The zero-order valence-corrected chi connectivity index (χ0v) is 8.67. The minimum absolute atomic E-state index is 0.133. The molecule has 1 aliphatic carbocycles. The van der Waals surface area contributed by atoms with Gasteiger partial charge in [-0.25, -0.2) is 0 Å². The zero-order chi connectivity index (χ0) is 11.0. The summed E-state index contributed by atoms with van der Waals surface area (Å²) in [7, 11) is 0. The molecule has 0 radical (unpaired) electrons. The van der Waals surface area contributed by atoms with Crippen molar-refractivity contribution < 1.29 is 14.7 Å². The molecule has 1 rings (SSSR count). The molecule has 1 saturated carbocycles. The molecule has 0 bridgehead atoms. The molecule has 0 spiro atoms. The molecule has 0 unspecified atom stereocenters. The van der Waals surface area contributed by atoms with E-state index in [1.54, 1.807) is 0 Å². The third kappa shape index (κ3) is 1.74. The molecule has 14 heavy (non-hydrogen) atoms. The van der Waals surface area contributed by atoms with Gasteiger partial charge >= 0.3 is 5.97 Å². The van der Waals surface area contributed by atoms with Gasteiger partial charge in [0.15, 0.2) is 0 Å². The van der Waals surface area contributed by atoms with Crippen molar-refractivity contribution in [1.29, 1.82) is 0 Å². The Kier molecular flexibility index (Phi) is 2.56. The number of aliphatic carboxylic acids is 1. The predicted octanol–water partition coefficient (Wildman–Crippen LogP) is 1.14. The first-order valence-electron chi connectivity index (χ1n) is 4.83. The highest BCUT2D eigenvalue weighted by Crippen LogP contribution is 2.45. The second kappa shape index (κ2) is 3.26. The molecule has 0 heterocycles. The molecule has 4 heteroatoms. The second-order valence-corrected chi connectivity index (χ2v) is 4.92. The van der Waals surface area contributed by atoms with Gasteiger partial charge in [-0.15, -0.1) is 0 Å². The maximum atomic E-state index is 11.2. The Bertz CT molecular complexity index is 245. The number of hydrogen-bond donors (Lipinski definition) is 2. The van der Waals surface area contributed by atoms with E-state index >= 15 is 0 Å². The smallest absolute Gasteiger partial charge is 0.319 e. The van der Waals surface area contributed by atoms with Gasteiger partial charge in [-0.2, -0.15) is 0 Å². The normalized spacial score (nSPS) is 24.1. The molecule has 1 fully saturated rings. The molecule has 4 nitrogen and oxygen atoms in total. The molecule has 1 aliphatic rings. The van der Waals surface area contributed by atoms with Gasteiger partial charge in [-0.1, -0.05) is 13.8 Å². The van der Waals surface area contributed by atoms with E-state index < -0.39 is 17.3 Å². The first-order chi connectivity index (χ1) is 6.30. The summed E-state index contributed by atoms with van der Waals surface area (Å²) in [5, 5.41) is 9.03. The average molecular weight is 199 g/mol. The van der Waals surface area contributed by atoms with Crippen LogP contribution in [0.1, 0.15) is 39.5 Å². The standard InChI is InChI=1S/C10H17NO3/c1-9(2)3-5-10(6-4-9,7(11)12)8(13)14/h3-6H2,1-2H3,(H2,11,12)(H,13,14). The Hall–Kier alpha value is -1.06. The van der Waals surface area contributed by atoms with Crippen LogP contribution >= 0.6 is 0 Å². The Labute approximate surface area is 83.5 Å². The fourth-order valence-electron chi connectivity index (χ4n) is 1.92. The molecule has 0 aliphatic heterocycles. The summed E-state index contributed by atoms with van der Waals surface area (Å²) in [5.41, 5.74) is 4.00. The molecular formula is C10H17NO3. The highest BCUT2D eigenvalue weighted by Gasteiger charge is 2.48. The van der Waals surface area contributed by atoms with E-state index in [2.05, 4.69) is 13.8 Å². The lowest BCUT2D eigenvalue weighted by molar-refractivity contribution is -0.158. The maximum Gasteiger partial charge on any atom is 0.319 e. The minimum Gasteiger partial charge on any atom is -0.480 e. The molecular weight excluding hydrogens is 182 g/mol. The number of carbonyl (C=O) groups excluding carboxylic acids is 1. The highest BCUT2D eigenvalue weighted by atomic mass is 16.4. The zero-order valence-electron chi connectivity index (χ0n) is 8.67. The number of carboxylic acids is 1. The van der Waals surface area contributed by atoms with Crippen LogP contribution in [0.25, 0.3) is 0 Å². The summed E-state index contributed by atoms with van der Waals surface area (Å²) in [5.74, 6) is -1.76. The molecule has 0 aromatic heterocycles. The van der Waals surface area contributed by atoms with Crippen LogP contribution in [0, 0.1) is 10.8 Å². The fraction of sp³-hybridized carbons (Fsp3) is 0.800. The van der Waals surface area contributed by atoms with Gasteiger partial charge in [0, 0.05) is 0 Å². The van der Waals surface area contributed by atoms with Crippen LogP contribution in [-0.4, -0.2) is 17.0 Å². The lowest BCUT2D eigenvalue weighted by Gasteiger charge is -2.38. The highest BCUT2D eigenvalue weighted by molar-refractivity contribution is 6.01. The van der Waals surface area contributed by atoms with Crippen LogP contribution in [0.5, 0.6) is 0 Å². The van der Waals surface area contributed by atoms with Gasteiger partial charge in [0.1, 0.15) is 5.41 Å². The van der Waals surface area contributed by atoms with Crippen molar-refractivity contribution in [3.8, 4) is 0 Å². The van der Waals surface area contributed by atoms with E-state index in [0.29, 0.717) is 12.8 Å². The van der Waals surface area contributed by atoms with Gasteiger partial charge in [0.25, 0.3) is 0 Å². The van der Waals surface area contributed by atoms with Gasteiger partial charge in [-0.3, -0.25) is 9.59 Å². The number of carbonyl (C=O) groups is 2. The van der Waals surface area contributed by atoms with E-state index in [1.807, 2.05) is 0 Å². The molecule has 0 aromatic rings. The Morgan fingerprint density at radius 2 is 1.57 bits per heavy atom. The number of primary amides is 1. The number of nitrogens with two attached hydrogens (primary N) is 1. The van der Waals surface area contributed by atoms with Gasteiger partial charge in [0.2, 0.25) is 5.91 Å². The van der Waals surface area contributed by atoms with Crippen LogP contribution < -0.4 is 5.73 Å². The monoisotopic (exact) mass is 199 g/mol. The van der Waals surface area contributed by atoms with Gasteiger partial charge in [0.05, 0.1) is 0 Å². The van der Waals surface area contributed by atoms with E-state index in [0.717, 1.165) is 12.8 Å². The van der Waals surface area contributed by atoms with Crippen molar-refractivity contribution in [1.82, 2.24) is 0 Å². The van der Waals surface area contributed by atoms with Crippen LogP contribution in [0.2, 0.25) is 0 Å². The number of hydrogen-bond acceptors (Lipinski definition) is 2. The van der Waals surface area contributed by atoms with E-state index in [4.69, 9.17) is 10.8 Å². The van der Waals surface area contributed by atoms with E-state index in [9.17, 15) is 9.59 Å². The molecule has 0 aromatic carbocycles. The third-order valence-electron chi connectivity index (χ3n) is 3.34. The first-order valence-corrected chi connectivity index (χ1v) is 4.83. The van der Waals surface area contributed by atoms with E-state index in [1.165, 1.54) is 0 Å². The number of amides is 1. The van der Waals surface area contributed by atoms with Crippen molar-refractivity contribution in [3.05, 3.63) is 0 Å². The average Bonchev–Trinajstić information content (AvgIpc) is 2.03. The van der Waals surface area contributed by atoms with Crippen LogP contribution in [0.3, 0.4) is 0 Å². The van der Waals surface area contributed by atoms with E-state index in [-0.39, 0.29) is 5.41 Å². The molecule has 0 saturated heterocycles. The molecule has 0 atom stereocenters. The van der Waals surface area contributed by atoms with Crippen molar-refractivity contribution in [2.24, 2.45) is 16.6 Å². The molecule has 1 amide bonds. The fourth-order valence-corrected chi connectivity index (χ4v) is 1.92. The van der Waals surface area contributed by atoms with Crippen molar-refractivity contribution in [2.45, 2.75) is 39.5 Å². The minimum atomic E-state index is -1.31. The SMILES string of the molecule is CC1(C)CCC(C(N)=O)(C(=O)O)CC1. The van der Waals surface area contributed by atoms with Crippen molar-refractivity contribution in [2.75, 3.05) is 0 Å². The summed E-state index contributed by atoms with van der Waals surface area (Å²) in [4.78, 5) is 22.2. The molecule has 3 N–H and O–H groups in total. The van der Waals surface area contributed by atoms with Crippen molar-refractivity contribution >= 4 is 11.9 Å². The number of rotatable bonds is 2. The maximum absolute atomic E-state index is 11.2.